The Bertz CT molecular complexity index is 696. The number of alkyl halides is 1. The van der Waals surface area contributed by atoms with Gasteiger partial charge >= 0.3 is 5.71 Å². The van der Waals surface area contributed by atoms with E-state index < -0.39 is 4.21 Å². The minimum Gasteiger partial charge on any atom is -0.494 e. The van der Waals surface area contributed by atoms with Crippen LogP contribution in [0, 0.1) is 0 Å². The van der Waals surface area contributed by atoms with Crippen LogP contribution in [-0.2, 0) is 0 Å². The first-order chi connectivity index (χ1) is 12.6. The predicted molar refractivity (Wildman–Crippen MR) is 109 cm³/mol. The summed E-state index contributed by atoms with van der Waals surface area (Å²) in [6, 6.07) is 5.85. The minimum absolute atomic E-state index is 0.470. The van der Waals surface area contributed by atoms with Crippen molar-refractivity contribution < 1.29 is 14.3 Å². The number of nitrogens with zero attached hydrogens (tertiary/aromatic N) is 2. The van der Waals surface area contributed by atoms with E-state index in [9.17, 15) is 0 Å². The quantitative estimate of drug-likeness (QED) is 0.216. The maximum absolute atomic E-state index is 8.85. The third-order valence-electron chi connectivity index (χ3n) is 3.78. The summed E-state index contributed by atoms with van der Waals surface area (Å²) in [7, 11) is 0. The molecule has 2 rings (SSSR count). The Morgan fingerprint density at radius 3 is 2.35 bits per heavy atom. The molecule has 0 amide bonds. The number of unbranched alkanes of at least 4 members (excludes halogenated alkanes) is 2. The third kappa shape index (κ3) is 6.24. The second-order valence-electron chi connectivity index (χ2n) is 6.00. The highest BCUT2D eigenvalue weighted by Crippen LogP contribution is 2.45. The Morgan fingerprint density at radius 2 is 1.73 bits per heavy atom. The van der Waals surface area contributed by atoms with Gasteiger partial charge in [-0.3, -0.25) is 0 Å². The number of halogens is 1. The molecule has 1 aliphatic rings. The molecule has 0 heterocycles. The number of benzene rings is 1. The molecule has 6 heteroatoms. The first-order valence-electron chi connectivity index (χ1n) is 8.98. The summed E-state index contributed by atoms with van der Waals surface area (Å²) in [5.41, 5.74) is 9.32. The summed E-state index contributed by atoms with van der Waals surface area (Å²) in [4.78, 5) is 4.09. The molecule has 0 unspecified atom stereocenters. The number of ether oxygens (including phenoxy) is 2. The first-order valence-corrected chi connectivity index (χ1v) is 10.2. The van der Waals surface area contributed by atoms with E-state index in [1.54, 1.807) is 24.3 Å². The van der Waals surface area contributed by atoms with Crippen molar-refractivity contribution in [3.05, 3.63) is 48.0 Å². The molecule has 0 radical (unpaired) electrons. The SMILES string of the molecule is CCCCOc1ccc(OCCCC)c(SC2(Cl)C=CC(=[N+]=[N-])C=C2)c1. The van der Waals surface area contributed by atoms with Crippen molar-refractivity contribution in [3.8, 4) is 11.5 Å². The highest BCUT2D eigenvalue weighted by atomic mass is 35.5. The first kappa shape index (κ1) is 20.6. The van der Waals surface area contributed by atoms with Crippen LogP contribution < -0.4 is 9.47 Å². The fourth-order valence-electron chi connectivity index (χ4n) is 2.25. The molecule has 1 aliphatic carbocycles. The number of hydrogen-bond donors (Lipinski definition) is 0. The van der Waals surface area contributed by atoms with Gasteiger partial charge < -0.3 is 15.0 Å². The Hall–Kier alpha value is -1.68. The lowest BCUT2D eigenvalue weighted by Crippen LogP contribution is -2.14. The molecule has 0 fully saturated rings. The van der Waals surface area contributed by atoms with Crippen molar-refractivity contribution in [1.29, 1.82) is 0 Å². The largest absolute Gasteiger partial charge is 0.494 e. The monoisotopic (exact) mass is 392 g/mol. The number of allylic oxidation sites excluding steroid dienone is 2. The van der Waals surface area contributed by atoms with Crippen LogP contribution in [0.2, 0.25) is 0 Å². The predicted octanol–water partition coefficient (Wildman–Crippen LogP) is 5.87. The maximum atomic E-state index is 8.85. The zero-order valence-corrected chi connectivity index (χ0v) is 16.9. The molecule has 0 N–H and O–H groups in total. The average Bonchev–Trinajstić information content (AvgIpc) is 2.64. The number of hydrogen-bond acceptors (Lipinski definition) is 3. The summed E-state index contributed by atoms with van der Waals surface area (Å²) in [6.07, 6.45) is 11.2. The Balaban J connectivity index is 2.19. The van der Waals surface area contributed by atoms with Gasteiger partial charge in [0.2, 0.25) is 0 Å². The molecule has 0 spiro atoms. The standard InChI is InChI=1S/C20H25ClN2O2S/c1-3-5-13-24-17-7-8-18(25-14-6-4-2)19(15-17)26-20(21)11-9-16(23-22)10-12-20/h7-12,15H,3-6,13-14H2,1-2H3. The highest BCUT2D eigenvalue weighted by Gasteiger charge is 2.28. The van der Waals surface area contributed by atoms with Crippen molar-refractivity contribution in [2.24, 2.45) is 0 Å². The van der Waals surface area contributed by atoms with Crippen LogP contribution in [0.3, 0.4) is 0 Å². The molecule has 0 saturated heterocycles. The molecule has 0 bridgehead atoms. The molecule has 140 valence electrons. The van der Waals surface area contributed by atoms with E-state index in [4.69, 9.17) is 26.6 Å². The molecule has 0 atom stereocenters. The zero-order chi connectivity index (χ0) is 18.8. The van der Waals surface area contributed by atoms with Crippen molar-refractivity contribution in [1.82, 2.24) is 0 Å². The highest BCUT2D eigenvalue weighted by molar-refractivity contribution is 8.02. The Kier molecular flexibility index (Phi) is 8.30. The van der Waals surface area contributed by atoms with Gasteiger partial charge in [0, 0.05) is 12.2 Å². The van der Waals surface area contributed by atoms with Gasteiger partial charge in [-0.15, -0.1) is 0 Å². The van der Waals surface area contributed by atoms with Crippen LogP contribution in [-0.4, -0.2) is 27.9 Å². The fraction of sp³-hybridized carbons (Fsp3) is 0.450. The second-order valence-corrected chi connectivity index (χ2v) is 8.17. The van der Waals surface area contributed by atoms with Gasteiger partial charge in [0.25, 0.3) is 0 Å². The lowest BCUT2D eigenvalue weighted by atomic mass is 10.2. The van der Waals surface area contributed by atoms with E-state index in [0.29, 0.717) is 18.9 Å². The van der Waals surface area contributed by atoms with E-state index in [-0.39, 0.29) is 0 Å². The molecule has 0 aromatic heterocycles. The summed E-state index contributed by atoms with van der Waals surface area (Å²) < 4.78 is 11.0. The van der Waals surface area contributed by atoms with Crippen LogP contribution in [0.5, 0.6) is 11.5 Å². The fourth-order valence-corrected chi connectivity index (χ4v) is 3.64. The second kappa shape index (κ2) is 10.5. The van der Waals surface area contributed by atoms with E-state index in [2.05, 4.69) is 18.6 Å². The van der Waals surface area contributed by atoms with Crippen LogP contribution in [0.1, 0.15) is 39.5 Å². The molecular weight excluding hydrogens is 368 g/mol. The van der Waals surface area contributed by atoms with Crippen LogP contribution in [0.4, 0.5) is 0 Å². The van der Waals surface area contributed by atoms with Crippen molar-refractivity contribution >= 4 is 29.1 Å². The van der Waals surface area contributed by atoms with Gasteiger partial charge in [0.05, 0.1) is 18.1 Å². The van der Waals surface area contributed by atoms with Gasteiger partial charge in [-0.25, -0.2) is 0 Å². The van der Waals surface area contributed by atoms with Gasteiger partial charge in [0.1, 0.15) is 15.7 Å². The molecule has 1 aromatic rings. The van der Waals surface area contributed by atoms with Gasteiger partial charge in [0.15, 0.2) is 0 Å². The molecule has 0 saturated carbocycles. The molecule has 0 aliphatic heterocycles. The molecule has 1 aromatic carbocycles. The number of rotatable bonds is 10. The van der Waals surface area contributed by atoms with Crippen LogP contribution >= 0.6 is 23.4 Å². The zero-order valence-electron chi connectivity index (χ0n) is 15.3. The van der Waals surface area contributed by atoms with Crippen LogP contribution in [0.25, 0.3) is 5.53 Å². The normalized spacial score (nSPS) is 18.7. The molecular formula is C20H25ClN2O2S. The maximum Gasteiger partial charge on any atom is 0.314 e. The van der Waals surface area contributed by atoms with Crippen LogP contribution in [0.15, 0.2) is 47.4 Å². The Labute approximate surface area is 164 Å². The minimum atomic E-state index is -0.765. The topological polar surface area (TPSA) is 54.9 Å². The summed E-state index contributed by atoms with van der Waals surface area (Å²) in [5.74, 6) is 1.61. The van der Waals surface area contributed by atoms with E-state index in [1.807, 2.05) is 18.2 Å². The van der Waals surface area contributed by atoms with E-state index in [0.717, 1.165) is 42.1 Å². The van der Waals surface area contributed by atoms with Gasteiger partial charge in [-0.1, -0.05) is 50.1 Å². The van der Waals surface area contributed by atoms with Gasteiger partial charge in [-0.05, 0) is 43.2 Å². The smallest absolute Gasteiger partial charge is 0.314 e. The average molecular weight is 393 g/mol. The lowest BCUT2D eigenvalue weighted by molar-refractivity contribution is -0.00162. The Morgan fingerprint density at radius 1 is 1.08 bits per heavy atom. The third-order valence-corrected chi connectivity index (χ3v) is 5.39. The summed E-state index contributed by atoms with van der Waals surface area (Å²) in [6.45, 7) is 5.63. The van der Waals surface area contributed by atoms with Crippen molar-refractivity contribution in [2.45, 2.75) is 48.6 Å². The molecule has 26 heavy (non-hydrogen) atoms. The van der Waals surface area contributed by atoms with Crippen molar-refractivity contribution in [2.75, 3.05) is 13.2 Å². The number of thioether (sulfide) groups is 1. The summed E-state index contributed by atoms with van der Waals surface area (Å²) >= 11 is 8.17. The van der Waals surface area contributed by atoms with Gasteiger partial charge in [-0.2, -0.15) is 4.79 Å². The summed E-state index contributed by atoms with van der Waals surface area (Å²) in [5, 5.41) is 0. The van der Waals surface area contributed by atoms with Crippen molar-refractivity contribution in [3.63, 3.8) is 0 Å². The molecule has 4 nitrogen and oxygen atoms in total. The van der Waals surface area contributed by atoms with E-state index in [1.165, 1.54) is 11.8 Å². The van der Waals surface area contributed by atoms with E-state index >= 15 is 0 Å². The lowest BCUT2D eigenvalue weighted by Gasteiger charge is -2.22.